The standard InChI is InChI=1S/C17H21NO2/c1-12(18-16(19)20-17(2,3)4)14-10-9-13-7-5-6-8-15(13)11-14/h5-12H,1-4H3,(H,18,19)/t12-/m1/s1/i12D. The van der Waals surface area contributed by atoms with E-state index in [0.717, 1.165) is 10.8 Å². The van der Waals surface area contributed by atoms with Crippen LogP contribution in [-0.2, 0) is 4.74 Å². The summed E-state index contributed by atoms with van der Waals surface area (Å²) < 4.78 is 13.6. The summed E-state index contributed by atoms with van der Waals surface area (Å²) >= 11 is 0. The Balaban J connectivity index is 2.22. The molecule has 0 heterocycles. The summed E-state index contributed by atoms with van der Waals surface area (Å²) in [6.45, 7) is 7.03. The van der Waals surface area contributed by atoms with Crippen molar-refractivity contribution in [3.63, 3.8) is 0 Å². The van der Waals surface area contributed by atoms with Gasteiger partial charge in [0.1, 0.15) is 5.60 Å². The Hall–Kier alpha value is -2.03. The highest BCUT2D eigenvalue weighted by atomic mass is 16.6. The summed E-state index contributed by atoms with van der Waals surface area (Å²) in [7, 11) is 0. The summed E-state index contributed by atoms with van der Waals surface area (Å²) in [4.78, 5) is 11.9. The van der Waals surface area contributed by atoms with Crippen LogP contribution in [0.5, 0.6) is 0 Å². The molecule has 1 atom stereocenters. The molecule has 3 nitrogen and oxygen atoms in total. The van der Waals surface area contributed by atoms with Crippen LogP contribution in [0.2, 0.25) is 0 Å². The van der Waals surface area contributed by atoms with Crippen LogP contribution in [0.4, 0.5) is 4.79 Å². The molecule has 0 spiro atoms. The zero-order valence-electron chi connectivity index (χ0n) is 13.4. The molecule has 0 aliphatic carbocycles. The van der Waals surface area contributed by atoms with E-state index in [1.54, 1.807) is 27.7 Å². The fraction of sp³-hybridized carbons (Fsp3) is 0.353. The Morgan fingerprint density at radius 3 is 2.50 bits per heavy atom. The lowest BCUT2D eigenvalue weighted by atomic mass is 10.0. The lowest BCUT2D eigenvalue weighted by molar-refractivity contribution is 0.0508. The van der Waals surface area contributed by atoms with Crippen molar-refractivity contribution in [2.24, 2.45) is 0 Å². The van der Waals surface area contributed by atoms with Gasteiger partial charge in [-0.2, -0.15) is 0 Å². The number of rotatable bonds is 2. The zero-order chi connectivity index (χ0) is 15.7. The van der Waals surface area contributed by atoms with Crippen LogP contribution in [0.3, 0.4) is 0 Å². The largest absolute Gasteiger partial charge is 0.444 e. The monoisotopic (exact) mass is 272 g/mol. The Kier molecular flexibility index (Phi) is 3.59. The third-order valence-electron chi connectivity index (χ3n) is 2.87. The Morgan fingerprint density at radius 2 is 1.85 bits per heavy atom. The van der Waals surface area contributed by atoms with Crippen molar-refractivity contribution in [2.75, 3.05) is 0 Å². The second-order valence-corrected chi connectivity index (χ2v) is 5.81. The van der Waals surface area contributed by atoms with Crippen molar-refractivity contribution >= 4 is 16.9 Å². The van der Waals surface area contributed by atoms with Gasteiger partial charge in [0.15, 0.2) is 0 Å². The van der Waals surface area contributed by atoms with E-state index in [1.165, 1.54) is 0 Å². The van der Waals surface area contributed by atoms with Gasteiger partial charge in [-0.3, -0.25) is 0 Å². The summed E-state index contributed by atoms with van der Waals surface area (Å²) in [6.07, 6.45) is -0.590. The molecule has 0 saturated heterocycles. The van der Waals surface area contributed by atoms with Crippen LogP contribution < -0.4 is 5.32 Å². The van der Waals surface area contributed by atoms with Gasteiger partial charge in [0, 0.05) is 0 Å². The molecule has 0 radical (unpaired) electrons. The minimum Gasteiger partial charge on any atom is -0.444 e. The summed E-state index contributed by atoms with van der Waals surface area (Å²) in [6, 6.07) is 12.4. The predicted octanol–water partition coefficient (Wildman–Crippen LogP) is 4.43. The Morgan fingerprint density at radius 1 is 1.20 bits per heavy atom. The first kappa shape index (κ1) is 13.0. The number of nitrogens with one attached hydrogen (secondary N) is 1. The Labute approximate surface area is 121 Å². The molecule has 3 heteroatoms. The lowest BCUT2D eigenvalue weighted by Crippen LogP contribution is -2.34. The van der Waals surface area contributed by atoms with E-state index in [1.807, 2.05) is 42.5 Å². The molecular formula is C17H21NO2. The maximum absolute atomic E-state index is 11.9. The van der Waals surface area contributed by atoms with Crippen LogP contribution in [0.1, 0.15) is 40.6 Å². The van der Waals surface area contributed by atoms with Crippen LogP contribution >= 0.6 is 0 Å². The molecule has 0 aliphatic heterocycles. The fourth-order valence-corrected chi connectivity index (χ4v) is 1.95. The highest BCUT2D eigenvalue weighted by Crippen LogP contribution is 2.20. The Bertz CT molecular complexity index is 659. The topological polar surface area (TPSA) is 38.3 Å². The van der Waals surface area contributed by atoms with Gasteiger partial charge < -0.3 is 10.1 Å². The molecule has 1 N–H and O–H groups in total. The first-order valence-corrected chi connectivity index (χ1v) is 6.68. The van der Waals surface area contributed by atoms with Gasteiger partial charge in [0.25, 0.3) is 0 Å². The molecule has 0 fully saturated rings. The van der Waals surface area contributed by atoms with Gasteiger partial charge in [-0.05, 0) is 50.1 Å². The van der Waals surface area contributed by atoms with Crippen LogP contribution in [0.15, 0.2) is 42.5 Å². The maximum Gasteiger partial charge on any atom is 0.408 e. The number of hydrogen-bond acceptors (Lipinski definition) is 2. The van der Waals surface area contributed by atoms with E-state index in [-0.39, 0.29) is 0 Å². The number of alkyl carbamates (subject to hydrolysis) is 1. The normalized spacial score (nSPS) is 15.3. The van der Waals surface area contributed by atoms with Gasteiger partial charge in [0.2, 0.25) is 0 Å². The quantitative estimate of drug-likeness (QED) is 0.878. The van der Waals surface area contributed by atoms with Gasteiger partial charge >= 0.3 is 6.09 Å². The number of fused-ring (bicyclic) bond motifs is 1. The number of hydrogen-bond donors (Lipinski definition) is 1. The molecule has 106 valence electrons. The lowest BCUT2D eigenvalue weighted by Gasteiger charge is -2.22. The van der Waals surface area contributed by atoms with E-state index in [4.69, 9.17) is 6.11 Å². The molecule has 1 amide bonds. The fourth-order valence-electron chi connectivity index (χ4n) is 1.95. The molecule has 0 unspecified atom stereocenters. The third-order valence-corrected chi connectivity index (χ3v) is 2.87. The minimum absolute atomic E-state index is 0.580. The van der Waals surface area contributed by atoms with Crippen LogP contribution in [-0.4, -0.2) is 11.7 Å². The molecule has 2 rings (SSSR count). The molecule has 2 aromatic rings. The minimum atomic E-state index is -1.24. The van der Waals surface area contributed by atoms with E-state index < -0.39 is 17.7 Å². The number of carbonyl (C=O) groups is 1. The van der Waals surface area contributed by atoms with Gasteiger partial charge in [-0.15, -0.1) is 0 Å². The number of carbonyl (C=O) groups excluding carboxylic acids is 1. The van der Waals surface area contributed by atoms with Crippen molar-refractivity contribution in [3.05, 3.63) is 48.0 Å². The van der Waals surface area contributed by atoms with Crippen molar-refractivity contribution in [3.8, 4) is 0 Å². The molecule has 0 bridgehead atoms. The number of benzene rings is 2. The highest BCUT2D eigenvalue weighted by molar-refractivity contribution is 5.83. The predicted molar refractivity (Wildman–Crippen MR) is 81.7 cm³/mol. The average Bonchev–Trinajstić information content (AvgIpc) is 2.35. The maximum atomic E-state index is 11.9. The summed E-state index contributed by atoms with van der Waals surface area (Å²) in [5.41, 5.74) is 0.135. The highest BCUT2D eigenvalue weighted by Gasteiger charge is 2.18. The van der Waals surface area contributed by atoms with Crippen molar-refractivity contribution in [1.29, 1.82) is 0 Å². The van der Waals surface area contributed by atoms with E-state index >= 15 is 0 Å². The van der Waals surface area contributed by atoms with E-state index in [9.17, 15) is 4.79 Å². The third kappa shape index (κ3) is 3.73. The van der Waals surface area contributed by atoms with Crippen LogP contribution in [0, 0.1) is 0 Å². The number of ether oxygens (including phenoxy) is 1. The molecule has 0 aliphatic rings. The van der Waals surface area contributed by atoms with Gasteiger partial charge in [-0.1, -0.05) is 36.4 Å². The molecule has 0 aromatic heterocycles. The number of amides is 1. The molecule has 2 aromatic carbocycles. The van der Waals surface area contributed by atoms with E-state index in [0.29, 0.717) is 5.56 Å². The van der Waals surface area contributed by atoms with Gasteiger partial charge in [-0.25, -0.2) is 4.79 Å². The first-order chi connectivity index (χ1) is 9.67. The van der Waals surface area contributed by atoms with Gasteiger partial charge in [0.05, 0.1) is 7.39 Å². The van der Waals surface area contributed by atoms with E-state index in [2.05, 4.69) is 5.32 Å². The summed E-state index contributed by atoms with van der Waals surface area (Å²) in [5, 5.41) is 4.75. The second kappa shape index (κ2) is 5.53. The van der Waals surface area contributed by atoms with Crippen LogP contribution in [0.25, 0.3) is 10.8 Å². The average molecular weight is 272 g/mol. The SMILES string of the molecule is [2H][C@](C)(NC(=O)OC(C)(C)C)c1ccc2ccccc2c1. The van der Waals surface area contributed by atoms with Crippen molar-refractivity contribution < 1.29 is 10.9 Å². The molecule has 0 saturated carbocycles. The molecular weight excluding hydrogens is 250 g/mol. The smallest absolute Gasteiger partial charge is 0.408 e. The zero-order valence-corrected chi connectivity index (χ0v) is 12.4. The molecule has 20 heavy (non-hydrogen) atoms. The second-order valence-electron chi connectivity index (χ2n) is 5.81. The first-order valence-electron chi connectivity index (χ1n) is 7.18. The van der Waals surface area contributed by atoms with Crippen molar-refractivity contribution in [2.45, 2.75) is 39.3 Å². The summed E-state index contributed by atoms with van der Waals surface area (Å²) in [5.74, 6) is 0. The van der Waals surface area contributed by atoms with Crippen molar-refractivity contribution in [1.82, 2.24) is 5.32 Å².